The van der Waals surface area contributed by atoms with Crippen LogP contribution in [0.25, 0.3) is 6.08 Å². The summed E-state index contributed by atoms with van der Waals surface area (Å²) in [7, 11) is 1.61. The van der Waals surface area contributed by atoms with Gasteiger partial charge in [0, 0.05) is 22.0 Å². The van der Waals surface area contributed by atoms with E-state index in [4.69, 9.17) is 16.3 Å². The number of halogens is 1. The van der Waals surface area contributed by atoms with Crippen LogP contribution in [0.3, 0.4) is 0 Å². The number of hydrogen-bond donors (Lipinski definition) is 2. The average molecular weight is 465 g/mol. The molecule has 2 N–H and O–H groups in total. The van der Waals surface area contributed by atoms with Crippen LogP contribution in [-0.2, 0) is 11.2 Å². The molecule has 3 aromatic rings. The van der Waals surface area contributed by atoms with Crippen molar-refractivity contribution in [1.29, 1.82) is 0 Å². The van der Waals surface area contributed by atoms with Crippen LogP contribution in [0, 0.1) is 0 Å². The molecule has 162 valence electrons. The molecule has 0 saturated carbocycles. The fraction of sp³-hybridized carbons (Fsp3) is 0.120. The zero-order valence-corrected chi connectivity index (χ0v) is 18.9. The highest BCUT2D eigenvalue weighted by Crippen LogP contribution is 2.39. The van der Waals surface area contributed by atoms with Gasteiger partial charge in [-0.05, 0) is 66.1 Å². The Morgan fingerprint density at radius 3 is 2.56 bits per heavy atom. The Kier molecular flexibility index (Phi) is 6.83. The molecule has 0 saturated heterocycles. The molecule has 2 amide bonds. The van der Waals surface area contributed by atoms with Gasteiger partial charge in [0.2, 0.25) is 0 Å². The molecule has 1 heterocycles. The lowest BCUT2D eigenvalue weighted by Gasteiger charge is -2.19. The fourth-order valence-corrected chi connectivity index (χ4v) is 4.28. The molecule has 5 nitrogen and oxygen atoms in total. The van der Waals surface area contributed by atoms with E-state index < -0.39 is 0 Å². The Morgan fingerprint density at radius 2 is 1.84 bits per heavy atom. The maximum atomic E-state index is 12.6. The molecule has 0 fully saturated rings. The van der Waals surface area contributed by atoms with Crippen molar-refractivity contribution in [3.05, 3.63) is 93.3 Å². The van der Waals surface area contributed by atoms with Crippen molar-refractivity contribution in [2.24, 2.45) is 0 Å². The molecule has 0 radical (unpaired) electrons. The molecule has 0 unspecified atom stereocenters. The van der Waals surface area contributed by atoms with Crippen LogP contribution in [0.15, 0.2) is 76.5 Å². The Morgan fingerprint density at radius 1 is 1.09 bits per heavy atom. The quantitative estimate of drug-likeness (QED) is 0.479. The number of fused-ring (bicyclic) bond motifs is 1. The molecule has 4 rings (SSSR count). The van der Waals surface area contributed by atoms with E-state index in [1.165, 1.54) is 11.8 Å². The van der Waals surface area contributed by atoms with Crippen LogP contribution in [0.4, 0.5) is 5.69 Å². The summed E-state index contributed by atoms with van der Waals surface area (Å²) in [6.07, 6.45) is 2.54. The molecule has 0 aromatic heterocycles. The van der Waals surface area contributed by atoms with E-state index in [-0.39, 0.29) is 11.8 Å². The van der Waals surface area contributed by atoms with Gasteiger partial charge >= 0.3 is 0 Å². The summed E-state index contributed by atoms with van der Waals surface area (Å²) in [6, 6.07) is 20.4. The highest BCUT2D eigenvalue weighted by Gasteiger charge is 2.22. The van der Waals surface area contributed by atoms with Gasteiger partial charge in [-0.2, -0.15) is 0 Å². The lowest BCUT2D eigenvalue weighted by molar-refractivity contribution is -0.112. The number of benzene rings is 3. The first-order valence-electron chi connectivity index (χ1n) is 10.0. The number of ether oxygens (including phenoxy) is 1. The van der Waals surface area contributed by atoms with Gasteiger partial charge in [-0.25, -0.2) is 0 Å². The van der Waals surface area contributed by atoms with E-state index in [2.05, 4.69) is 10.6 Å². The summed E-state index contributed by atoms with van der Waals surface area (Å²) in [5.41, 5.74) is 3.14. The average Bonchev–Trinajstić information content (AvgIpc) is 2.81. The molecular weight excluding hydrogens is 444 g/mol. The van der Waals surface area contributed by atoms with E-state index in [1.807, 2.05) is 60.7 Å². The summed E-state index contributed by atoms with van der Waals surface area (Å²) in [5.74, 6) is 0.386. The molecule has 0 bridgehead atoms. The first kappa shape index (κ1) is 22.0. The van der Waals surface area contributed by atoms with Gasteiger partial charge in [-0.15, -0.1) is 0 Å². The maximum absolute atomic E-state index is 12.6. The summed E-state index contributed by atoms with van der Waals surface area (Å²) < 4.78 is 5.17. The molecule has 0 aliphatic carbocycles. The van der Waals surface area contributed by atoms with Crippen molar-refractivity contribution in [1.82, 2.24) is 5.32 Å². The Bertz CT molecular complexity index is 1170. The number of carbonyl (C=O) groups is 2. The molecule has 1 aliphatic heterocycles. The van der Waals surface area contributed by atoms with Gasteiger partial charge in [0.15, 0.2) is 0 Å². The number of nitrogens with one attached hydrogen (secondary N) is 2. The predicted octanol–water partition coefficient (Wildman–Crippen LogP) is 5.41. The first-order valence-corrected chi connectivity index (χ1v) is 11.2. The minimum atomic E-state index is -0.196. The fourth-order valence-electron chi connectivity index (χ4n) is 3.23. The second kappa shape index (κ2) is 9.94. The number of hydrogen-bond acceptors (Lipinski definition) is 4. The Balaban J connectivity index is 1.40. The molecule has 0 atom stereocenters. The van der Waals surface area contributed by atoms with E-state index in [1.54, 1.807) is 19.2 Å². The normalized spacial score (nSPS) is 13.9. The van der Waals surface area contributed by atoms with Gasteiger partial charge < -0.3 is 15.4 Å². The highest BCUT2D eigenvalue weighted by atomic mass is 35.5. The van der Waals surface area contributed by atoms with Crippen LogP contribution in [0.2, 0.25) is 5.02 Å². The minimum absolute atomic E-state index is 0.180. The summed E-state index contributed by atoms with van der Waals surface area (Å²) in [6.45, 7) is 0.507. The van der Waals surface area contributed by atoms with Gasteiger partial charge in [0.25, 0.3) is 11.8 Å². The smallest absolute Gasteiger partial charge is 0.262 e. The molecular formula is C25H21ClN2O3S. The van der Waals surface area contributed by atoms with Crippen LogP contribution in [0.5, 0.6) is 5.75 Å². The SMILES string of the molecule is COc1ccc(C=C2Sc3ccc(C(=O)NCCc4ccc(Cl)cc4)cc3NC2=O)cc1. The van der Waals surface area contributed by atoms with Crippen LogP contribution >= 0.6 is 23.4 Å². The predicted molar refractivity (Wildman–Crippen MR) is 129 cm³/mol. The maximum Gasteiger partial charge on any atom is 0.262 e. The first-order chi connectivity index (χ1) is 15.5. The Labute approximate surface area is 195 Å². The third-order valence-electron chi connectivity index (χ3n) is 4.96. The number of rotatable bonds is 6. The minimum Gasteiger partial charge on any atom is -0.497 e. The summed E-state index contributed by atoms with van der Waals surface area (Å²) in [5, 5.41) is 6.50. The van der Waals surface area contributed by atoms with Crippen molar-refractivity contribution in [2.75, 3.05) is 19.0 Å². The van der Waals surface area contributed by atoms with E-state index in [0.29, 0.717) is 34.1 Å². The standard InChI is InChI=1S/C25H21ClN2O3S/c1-31-20-9-4-17(5-10-20)14-23-25(30)28-21-15-18(6-11-22(21)32-23)24(29)27-13-12-16-2-7-19(26)8-3-16/h2-11,14-15H,12-13H2,1H3,(H,27,29)(H,28,30). The third kappa shape index (κ3) is 5.33. The summed E-state index contributed by atoms with van der Waals surface area (Å²) in [4.78, 5) is 26.6. The lowest BCUT2D eigenvalue weighted by atomic mass is 10.1. The van der Waals surface area contributed by atoms with Crippen LogP contribution in [0.1, 0.15) is 21.5 Å². The number of anilines is 1. The molecule has 1 aliphatic rings. The van der Waals surface area contributed by atoms with Crippen molar-refractivity contribution >= 4 is 46.9 Å². The highest BCUT2D eigenvalue weighted by molar-refractivity contribution is 8.04. The second-order valence-corrected chi connectivity index (χ2v) is 8.70. The topological polar surface area (TPSA) is 67.4 Å². The van der Waals surface area contributed by atoms with Gasteiger partial charge in [-0.1, -0.05) is 47.6 Å². The van der Waals surface area contributed by atoms with Gasteiger partial charge in [0.1, 0.15) is 5.75 Å². The monoisotopic (exact) mass is 464 g/mol. The lowest BCUT2D eigenvalue weighted by Crippen LogP contribution is -2.26. The number of carbonyl (C=O) groups excluding carboxylic acids is 2. The van der Waals surface area contributed by atoms with Gasteiger partial charge in [-0.3, -0.25) is 9.59 Å². The largest absolute Gasteiger partial charge is 0.497 e. The van der Waals surface area contributed by atoms with E-state index in [9.17, 15) is 9.59 Å². The zero-order chi connectivity index (χ0) is 22.5. The summed E-state index contributed by atoms with van der Waals surface area (Å²) >= 11 is 7.28. The number of thioether (sulfide) groups is 1. The number of methoxy groups -OCH3 is 1. The van der Waals surface area contributed by atoms with Crippen molar-refractivity contribution in [3.63, 3.8) is 0 Å². The molecule has 0 spiro atoms. The van der Waals surface area contributed by atoms with E-state index >= 15 is 0 Å². The molecule has 3 aromatic carbocycles. The van der Waals surface area contributed by atoms with Crippen LogP contribution < -0.4 is 15.4 Å². The third-order valence-corrected chi connectivity index (χ3v) is 6.31. The Hall–Kier alpha value is -3.22. The van der Waals surface area contributed by atoms with Gasteiger partial charge in [0.05, 0.1) is 17.7 Å². The van der Waals surface area contributed by atoms with Crippen LogP contribution in [-0.4, -0.2) is 25.5 Å². The molecule has 32 heavy (non-hydrogen) atoms. The van der Waals surface area contributed by atoms with Crippen molar-refractivity contribution in [2.45, 2.75) is 11.3 Å². The number of amides is 2. The second-order valence-electron chi connectivity index (χ2n) is 7.18. The molecule has 7 heteroatoms. The zero-order valence-electron chi connectivity index (χ0n) is 17.4. The van der Waals surface area contributed by atoms with Crippen molar-refractivity contribution in [3.8, 4) is 5.75 Å². The van der Waals surface area contributed by atoms with E-state index in [0.717, 1.165) is 21.8 Å². The van der Waals surface area contributed by atoms with Crippen molar-refractivity contribution < 1.29 is 14.3 Å².